The summed E-state index contributed by atoms with van der Waals surface area (Å²) >= 11 is 0. The van der Waals surface area contributed by atoms with Crippen molar-refractivity contribution in [1.29, 1.82) is 0 Å². The first-order chi connectivity index (χ1) is 14.6. The lowest BCUT2D eigenvalue weighted by molar-refractivity contribution is -0.118. The van der Waals surface area contributed by atoms with Crippen LogP contribution in [0.2, 0.25) is 0 Å². The summed E-state index contributed by atoms with van der Waals surface area (Å²) in [5.41, 5.74) is 4.89. The van der Waals surface area contributed by atoms with E-state index in [4.69, 9.17) is 4.74 Å². The quantitative estimate of drug-likeness (QED) is 0.826. The molecule has 0 saturated carbocycles. The van der Waals surface area contributed by atoms with Crippen molar-refractivity contribution in [3.05, 3.63) is 59.2 Å². The Bertz CT molecular complexity index is 920. The van der Waals surface area contributed by atoms with E-state index >= 15 is 0 Å². The Morgan fingerprint density at radius 3 is 2.50 bits per heavy atom. The molecule has 2 heterocycles. The number of ether oxygens (including phenoxy) is 1. The molecule has 2 aliphatic heterocycles. The van der Waals surface area contributed by atoms with Crippen molar-refractivity contribution in [2.24, 2.45) is 0 Å². The van der Waals surface area contributed by atoms with Gasteiger partial charge in [-0.15, -0.1) is 0 Å². The molecular formula is C24H29N3O3. The van der Waals surface area contributed by atoms with Gasteiger partial charge in [-0.1, -0.05) is 19.1 Å². The van der Waals surface area contributed by atoms with Crippen LogP contribution in [0.25, 0.3) is 0 Å². The highest BCUT2D eigenvalue weighted by Crippen LogP contribution is 2.29. The monoisotopic (exact) mass is 407 g/mol. The number of nitrogens with one attached hydrogen (secondary N) is 1. The number of anilines is 2. The van der Waals surface area contributed by atoms with Crippen LogP contribution in [0.5, 0.6) is 0 Å². The molecule has 158 valence electrons. The Hall–Kier alpha value is -2.86. The molecule has 1 atom stereocenters. The minimum absolute atomic E-state index is 0.0946. The Balaban J connectivity index is 1.41. The fourth-order valence-electron chi connectivity index (χ4n) is 4.15. The van der Waals surface area contributed by atoms with Crippen LogP contribution in [-0.2, 0) is 16.0 Å². The standard InChI is InChI=1S/C24H29N3O3/c1-3-23(28)27-11-10-19-16-20(6-9-22(19)27)24(29)25-17(2)18-4-7-21(8-5-18)26-12-14-30-15-13-26/h4-9,16-17H,3,10-15H2,1-2H3,(H,25,29). The Morgan fingerprint density at radius 1 is 1.07 bits per heavy atom. The van der Waals surface area contributed by atoms with E-state index in [-0.39, 0.29) is 17.9 Å². The lowest BCUT2D eigenvalue weighted by Crippen LogP contribution is -2.36. The van der Waals surface area contributed by atoms with Gasteiger partial charge in [-0.2, -0.15) is 0 Å². The smallest absolute Gasteiger partial charge is 0.251 e. The number of morpholine rings is 1. The van der Waals surface area contributed by atoms with E-state index in [1.54, 1.807) is 0 Å². The first kappa shape index (κ1) is 20.4. The molecule has 2 aliphatic rings. The molecular weight excluding hydrogens is 378 g/mol. The number of fused-ring (bicyclic) bond motifs is 1. The van der Waals surface area contributed by atoms with Crippen molar-refractivity contribution in [3.63, 3.8) is 0 Å². The van der Waals surface area contributed by atoms with Crippen molar-refractivity contribution in [1.82, 2.24) is 5.32 Å². The molecule has 30 heavy (non-hydrogen) atoms. The molecule has 0 bridgehead atoms. The van der Waals surface area contributed by atoms with Crippen LogP contribution in [0.15, 0.2) is 42.5 Å². The van der Waals surface area contributed by atoms with Gasteiger partial charge < -0.3 is 19.9 Å². The zero-order chi connectivity index (χ0) is 21.1. The summed E-state index contributed by atoms with van der Waals surface area (Å²) in [6.07, 6.45) is 1.28. The molecule has 1 N–H and O–H groups in total. The molecule has 1 saturated heterocycles. The molecule has 2 amide bonds. The van der Waals surface area contributed by atoms with Gasteiger partial charge >= 0.3 is 0 Å². The fourth-order valence-corrected chi connectivity index (χ4v) is 4.15. The maximum absolute atomic E-state index is 12.8. The van der Waals surface area contributed by atoms with E-state index in [0.29, 0.717) is 18.5 Å². The van der Waals surface area contributed by atoms with Gasteiger partial charge in [-0.25, -0.2) is 0 Å². The van der Waals surface area contributed by atoms with Gasteiger partial charge in [-0.05, 0) is 54.8 Å². The van der Waals surface area contributed by atoms with Crippen molar-refractivity contribution >= 4 is 23.2 Å². The minimum Gasteiger partial charge on any atom is -0.378 e. The van der Waals surface area contributed by atoms with Crippen LogP contribution in [0.1, 0.15) is 47.8 Å². The molecule has 6 heteroatoms. The van der Waals surface area contributed by atoms with Crippen molar-refractivity contribution < 1.29 is 14.3 Å². The Morgan fingerprint density at radius 2 is 1.80 bits per heavy atom. The molecule has 0 spiro atoms. The predicted molar refractivity (Wildman–Crippen MR) is 118 cm³/mol. The summed E-state index contributed by atoms with van der Waals surface area (Å²) < 4.78 is 5.41. The predicted octanol–water partition coefficient (Wildman–Crippen LogP) is 3.31. The van der Waals surface area contributed by atoms with Crippen LogP contribution in [-0.4, -0.2) is 44.7 Å². The molecule has 2 aromatic carbocycles. The number of hydrogen-bond donors (Lipinski definition) is 1. The third kappa shape index (κ3) is 4.19. The SMILES string of the molecule is CCC(=O)N1CCc2cc(C(=O)NC(C)c3ccc(N4CCOCC4)cc3)ccc21. The number of carbonyl (C=O) groups excluding carboxylic acids is 2. The largest absolute Gasteiger partial charge is 0.378 e. The second-order valence-corrected chi connectivity index (χ2v) is 7.88. The molecule has 0 aliphatic carbocycles. The van der Waals surface area contributed by atoms with Gasteiger partial charge in [0.25, 0.3) is 5.91 Å². The molecule has 0 radical (unpaired) electrons. The number of nitrogens with zero attached hydrogens (tertiary/aromatic N) is 2. The normalized spacial score (nSPS) is 16.9. The highest BCUT2D eigenvalue weighted by Gasteiger charge is 2.24. The summed E-state index contributed by atoms with van der Waals surface area (Å²) in [5.74, 6) is 0.0305. The molecule has 2 aromatic rings. The van der Waals surface area contributed by atoms with Crippen LogP contribution in [0.3, 0.4) is 0 Å². The molecule has 6 nitrogen and oxygen atoms in total. The molecule has 1 fully saturated rings. The number of hydrogen-bond acceptors (Lipinski definition) is 4. The third-order valence-corrected chi connectivity index (χ3v) is 5.96. The highest BCUT2D eigenvalue weighted by atomic mass is 16.5. The second-order valence-electron chi connectivity index (χ2n) is 7.88. The third-order valence-electron chi connectivity index (χ3n) is 5.96. The first-order valence-corrected chi connectivity index (χ1v) is 10.7. The Labute approximate surface area is 177 Å². The lowest BCUT2D eigenvalue weighted by atomic mass is 10.1. The zero-order valence-corrected chi connectivity index (χ0v) is 17.7. The number of amides is 2. The zero-order valence-electron chi connectivity index (χ0n) is 17.7. The second kappa shape index (κ2) is 8.88. The summed E-state index contributed by atoms with van der Waals surface area (Å²) in [5, 5.41) is 3.09. The molecule has 0 aromatic heterocycles. The summed E-state index contributed by atoms with van der Waals surface area (Å²) in [6, 6.07) is 13.9. The van der Waals surface area contributed by atoms with Crippen LogP contribution < -0.4 is 15.1 Å². The molecule has 1 unspecified atom stereocenters. The maximum atomic E-state index is 12.8. The van der Waals surface area contributed by atoms with Gasteiger partial charge in [0.2, 0.25) is 5.91 Å². The number of benzene rings is 2. The average Bonchev–Trinajstić information content (AvgIpc) is 3.22. The van der Waals surface area contributed by atoms with Crippen LogP contribution in [0.4, 0.5) is 11.4 Å². The topological polar surface area (TPSA) is 61.9 Å². The first-order valence-electron chi connectivity index (χ1n) is 10.7. The van der Waals surface area contributed by atoms with Gasteiger partial charge in [0.15, 0.2) is 0 Å². The fraction of sp³-hybridized carbons (Fsp3) is 0.417. The summed E-state index contributed by atoms with van der Waals surface area (Å²) in [4.78, 5) is 29.0. The average molecular weight is 408 g/mol. The summed E-state index contributed by atoms with van der Waals surface area (Å²) in [6.45, 7) is 7.90. The Kier molecular flexibility index (Phi) is 6.04. The van der Waals surface area contributed by atoms with E-state index in [2.05, 4.69) is 34.5 Å². The van der Waals surface area contributed by atoms with E-state index in [0.717, 1.165) is 49.5 Å². The van der Waals surface area contributed by atoms with Gasteiger partial charge in [0.1, 0.15) is 0 Å². The number of carbonyl (C=O) groups is 2. The minimum atomic E-state index is -0.0948. The van der Waals surface area contributed by atoms with Crippen LogP contribution >= 0.6 is 0 Å². The van der Waals surface area contributed by atoms with Crippen molar-refractivity contribution in [3.8, 4) is 0 Å². The maximum Gasteiger partial charge on any atom is 0.251 e. The lowest BCUT2D eigenvalue weighted by Gasteiger charge is -2.29. The van der Waals surface area contributed by atoms with Gasteiger partial charge in [-0.3, -0.25) is 9.59 Å². The van der Waals surface area contributed by atoms with Crippen molar-refractivity contribution in [2.75, 3.05) is 42.6 Å². The van der Waals surface area contributed by atoms with Crippen molar-refractivity contribution in [2.45, 2.75) is 32.7 Å². The van der Waals surface area contributed by atoms with Crippen LogP contribution in [0, 0.1) is 0 Å². The van der Waals surface area contributed by atoms with E-state index in [1.165, 1.54) is 5.69 Å². The summed E-state index contributed by atoms with van der Waals surface area (Å²) in [7, 11) is 0. The van der Waals surface area contributed by atoms with E-state index in [1.807, 2.05) is 36.9 Å². The number of rotatable bonds is 5. The van der Waals surface area contributed by atoms with E-state index < -0.39 is 0 Å². The molecule has 4 rings (SSSR count). The highest BCUT2D eigenvalue weighted by molar-refractivity contribution is 5.98. The van der Waals surface area contributed by atoms with E-state index in [9.17, 15) is 9.59 Å². The van der Waals surface area contributed by atoms with Gasteiger partial charge in [0, 0.05) is 43.0 Å². The van der Waals surface area contributed by atoms with Gasteiger partial charge in [0.05, 0.1) is 19.3 Å².